The van der Waals surface area contributed by atoms with Crippen LogP contribution in [-0.2, 0) is 0 Å². The zero-order valence-corrected chi connectivity index (χ0v) is 10.7. The van der Waals surface area contributed by atoms with Crippen molar-refractivity contribution in [2.24, 2.45) is 0 Å². The number of thioether (sulfide) groups is 1. The van der Waals surface area contributed by atoms with Crippen LogP contribution in [0.4, 0.5) is 11.4 Å². The van der Waals surface area contributed by atoms with Gasteiger partial charge >= 0.3 is 0 Å². The maximum Gasteiger partial charge on any atom is 0.273 e. The second-order valence-corrected chi connectivity index (χ2v) is 4.69. The Hall–Kier alpha value is -0.940. The Labute approximate surface area is 104 Å². The molecule has 16 heavy (non-hydrogen) atoms. The van der Waals surface area contributed by atoms with Crippen molar-refractivity contribution in [1.29, 1.82) is 0 Å². The summed E-state index contributed by atoms with van der Waals surface area (Å²) in [4.78, 5) is 10.2. The summed E-state index contributed by atoms with van der Waals surface area (Å²) in [5, 5.41) is 14.2. The first-order valence-electron chi connectivity index (χ1n) is 4.73. The van der Waals surface area contributed by atoms with E-state index >= 15 is 0 Å². The second-order valence-electron chi connectivity index (χ2n) is 3.30. The summed E-state index contributed by atoms with van der Waals surface area (Å²) < 4.78 is 0. The number of hydrogen-bond acceptors (Lipinski definition) is 4. The number of anilines is 1. The Balaban J connectivity index is 2.88. The SMILES string of the molecule is CSCCNc1cc(C)c([N+](=O)[O-])cc1Cl. The smallest absolute Gasteiger partial charge is 0.273 e. The van der Waals surface area contributed by atoms with Gasteiger partial charge in [0.05, 0.1) is 15.6 Å². The van der Waals surface area contributed by atoms with Gasteiger partial charge in [0, 0.05) is 23.9 Å². The normalized spacial score (nSPS) is 10.2. The van der Waals surface area contributed by atoms with Gasteiger partial charge in [-0.25, -0.2) is 0 Å². The summed E-state index contributed by atoms with van der Waals surface area (Å²) in [5.41, 5.74) is 1.42. The Kier molecular flexibility index (Phi) is 4.89. The molecule has 6 heteroatoms. The molecular formula is C10H13ClN2O2S. The quantitative estimate of drug-likeness (QED) is 0.501. The molecule has 0 bridgehead atoms. The van der Waals surface area contributed by atoms with Gasteiger partial charge in [0.15, 0.2) is 0 Å². The third kappa shape index (κ3) is 3.28. The van der Waals surface area contributed by atoms with E-state index in [0.717, 1.165) is 18.0 Å². The highest BCUT2D eigenvalue weighted by Gasteiger charge is 2.13. The fourth-order valence-electron chi connectivity index (χ4n) is 1.29. The number of rotatable bonds is 5. The van der Waals surface area contributed by atoms with Gasteiger partial charge in [0.1, 0.15) is 0 Å². The van der Waals surface area contributed by atoms with Gasteiger partial charge in [0.2, 0.25) is 0 Å². The van der Waals surface area contributed by atoms with Crippen LogP contribution in [-0.4, -0.2) is 23.5 Å². The number of nitro groups is 1. The molecular weight excluding hydrogens is 248 g/mol. The zero-order valence-electron chi connectivity index (χ0n) is 9.12. The number of aryl methyl sites for hydroxylation is 1. The van der Waals surface area contributed by atoms with E-state index in [1.807, 2.05) is 6.26 Å². The molecule has 0 aliphatic heterocycles. The van der Waals surface area contributed by atoms with Crippen molar-refractivity contribution in [2.75, 3.05) is 23.9 Å². The highest BCUT2D eigenvalue weighted by molar-refractivity contribution is 7.98. The summed E-state index contributed by atoms with van der Waals surface area (Å²) in [7, 11) is 0. The van der Waals surface area contributed by atoms with Crippen LogP contribution in [0.5, 0.6) is 0 Å². The number of nitro benzene ring substituents is 1. The third-order valence-corrected chi connectivity index (χ3v) is 3.03. The number of hydrogen-bond donors (Lipinski definition) is 1. The Morgan fingerprint density at radius 2 is 2.25 bits per heavy atom. The molecule has 1 aromatic carbocycles. The number of halogens is 1. The average Bonchev–Trinajstić information content (AvgIpc) is 2.22. The van der Waals surface area contributed by atoms with E-state index in [-0.39, 0.29) is 5.69 Å². The van der Waals surface area contributed by atoms with Gasteiger partial charge in [-0.2, -0.15) is 11.8 Å². The van der Waals surface area contributed by atoms with Crippen LogP contribution in [0.1, 0.15) is 5.56 Å². The lowest BCUT2D eigenvalue weighted by molar-refractivity contribution is -0.385. The van der Waals surface area contributed by atoms with E-state index in [2.05, 4.69) is 5.32 Å². The van der Waals surface area contributed by atoms with Crippen molar-refractivity contribution < 1.29 is 4.92 Å². The summed E-state index contributed by atoms with van der Waals surface area (Å²) in [5.74, 6) is 0.965. The van der Waals surface area contributed by atoms with E-state index in [9.17, 15) is 10.1 Å². The topological polar surface area (TPSA) is 55.2 Å². The Bertz CT molecular complexity index is 399. The maximum absolute atomic E-state index is 10.7. The van der Waals surface area contributed by atoms with Gasteiger partial charge < -0.3 is 5.32 Å². The summed E-state index contributed by atoms with van der Waals surface area (Å²) in [6, 6.07) is 3.10. The molecule has 0 aliphatic carbocycles. The van der Waals surface area contributed by atoms with Crippen molar-refractivity contribution in [3.05, 3.63) is 32.8 Å². The average molecular weight is 261 g/mol. The summed E-state index contributed by atoms with van der Waals surface area (Å²) >= 11 is 7.68. The van der Waals surface area contributed by atoms with E-state index in [1.165, 1.54) is 6.07 Å². The van der Waals surface area contributed by atoms with Crippen molar-refractivity contribution in [3.63, 3.8) is 0 Å². The molecule has 0 atom stereocenters. The van der Waals surface area contributed by atoms with Crippen molar-refractivity contribution >= 4 is 34.7 Å². The monoisotopic (exact) mass is 260 g/mol. The van der Waals surface area contributed by atoms with Gasteiger partial charge in [0.25, 0.3) is 5.69 Å². The van der Waals surface area contributed by atoms with Crippen LogP contribution >= 0.6 is 23.4 Å². The minimum absolute atomic E-state index is 0.0559. The lowest BCUT2D eigenvalue weighted by Crippen LogP contribution is -2.05. The fraction of sp³-hybridized carbons (Fsp3) is 0.400. The third-order valence-electron chi connectivity index (χ3n) is 2.10. The predicted octanol–water partition coefficient (Wildman–Crippen LogP) is 3.33. The first-order chi connectivity index (χ1) is 7.56. The fourth-order valence-corrected chi connectivity index (χ4v) is 1.82. The van der Waals surface area contributed by atoms with Gasteiger partial charge in [-0.05, 0) is 19.2 Å². The molecule has 0 radical (unpaired) electrons. The molecule has 0 heterocycles. The zero-order chi connectivity index (χ0) is 12.1. The number of nitrogens with zero attached hydrogens (tertiary/aromatic N) is 1. The molecule has 88 valence electrons. The maximum atomic E-state index is 10.7. The lowest BCUT2D eigenvalue weighted by atomic mass is 10.2. The molecule has 1 N–H and O–H groups in total. The highest BCUT2D eigenvalue weighted by atomic mass is 35.5. The molecule has 0 aliphatic rings. The predicted molar refractivity (Wildman–Crippen MR) is 69.7 cm³/mol. The van der Waals surface area contributed by atoms with E-state index in [1.54, 1.807) is 24.8 Å². The molecule has 0 saturated heterocycles. The van der Waals surface area contributed by atoms with Crippen LogP contribution in [0.15, 0.2) is 12.1 Å². The van der Waals surface area contributed by atoms with Gasteiger partial charge in [-0.3, -0.25) is 10.1 Å². The highest BCUT2D eigenvalue weighted by Crippen LogP contribution is 2.30. The van der Waals surface area contributed by atoms with E-state index in [4.69, 9.17) is 11.6 Å². The largest absolute Gasteiger partial charge is 0.383 e. The van der Waals surface area contributed by atoms with Crippen LogP contribution in [0.25, 0.3) is 0 Å². The van der Waals surface area contributed by atoms with Crippen LogP contribution < -0.4 is 5.32 Å². The van der Waals surface area contributed by atoms with Gasteiger partial charge in [-0.15, -0.1) is 0 Å². The summed E-state index contributed by atoms with van der Waals surface area (Å²) in [6.45, 7) is 2.49. The first-order valence-corrected chi connectivity index (χ1v) is 6.50. The molecule has 0 spiro atoms. The van der Waals surface area contributed by atoms with E-state index in [0.29, 0.717) is 10.6 Å². The molecule has 0 amide bonds. The minimum Gasteiger partial charge on any atom is -0.383 e. The second kappa shape index (κ2) is 5.96. The molecule has 0 saturated carbocycles. The van der Waals surface area contributed by atoms with Crippen molar-refractivity contribution in [2.45, 2.75) is 6.92 Å². The molecule has 0 fully saturated rings. The van der Waals surface area contributed by atoms with Crippen LogP contribution in [0, 0.1) is 17.0 Å². The van der Waals surface area contributed by atoms with Crippen molar-refractivity contribution in [3.8, 4) is 0 Å². The van der Waals surface area contributed by atoms with Crippen LogP contribution in [0.3, 0.4) is 0 Å². The first kappa shape index (κ1) is 13.1. The molecule has 4 nitrogen and oxygen atoms in total. The van der Waals surface area contributed by atoms with Crippen LogP contribution in [0.2, 0.25) is 5.02 Å². The Morgan fingerprint density at radius 3 is 2.81 bits per heavy atom. The van der Waals surface area contributed by atoms with Crippen molar-refractivity contribution in [1.82, 2.24) is 0 Å². The van der Waals surface area contributed by atoms with Gasteiger partial charge in [-0.1, -0.05) is 11.6 Å². The lowest BCUT2D eigenvalue weighted by Gasteiger charge is -2.08. The van der Waals surface area contributed by atoms with E-state index < -0.39 is 4.92 Å². The number of benzene rings is 1. The molecule has 0 aromatic heterocycles. The standard InChI is InChI=1S/C10H13ClN2O2S/c1-7-5-9(12-3-4-16-2)8(11)6-10(7)13(14)15/h5-6,12H,3-4H2,1-2H3. The number of nitrogens with one attached hydrogen (secondary N) is 1. The summed E-state index contributed by atoms with van der Waals surface area (Å²) in [6.07, 6.45) is 2.02. The minimum atomic E-state index is -0.424. The molecule has 0 unspecified atom stereocenters. The Morgan fingerprint density at radius 1 is 1.56 bits per heavy atom. The molecule has 1 aromatic rings. The molecule has 1 rings (SSSR count).